The van der Waals surface area contributed by atoms with E-state index in [-0.39, 0.29) is 39.7 Å². The minimum absolute atomic E-state index is 0.0326. The van der Waals surface area contributed by atoms with Crippen molar-refractivity contribution in [1.82, 2.24) is 0 Å². The van der Waals surface area contributed by atoms with Crippen LogP contribution >= 0.6 is 0 Å². The summed E-state index contributed by atoms with van der Waals surface area (Å²) in [5.74, 6) is -0.450. The number of carbonyl (C=O) groups is 2. The van der Waals surface area contributed by atoms with Gasteiger partial charge in [-0.3, -0.25) is 4.79 Å². The molecule has 0 amide bonds. The number of hydrogen-bond acceptors (Lipinski definition) is 5. The molecule has 1 spiro atoms. The van der Waals surface area contributed by atoms with Crippen molar-refractivity contribution in [3.63, 3.8) is 0 Å². The van der Waals surface area contributed by atoms with Gasteiger partial charge in [-0.2, -0.15) is 0 Å². The minimum atomic E-state index is -0.412. The SMILES string of the molecule is CC(=O)OC1CC2(C)C=CCC34CCCC(C)(C)C13C=COC24CCC1=CC(=O)OC1. The average Bonchev–Trinajstić information content (AvgIpc) is 3.09. The maximum absolute atomic E-state index is 12.2. The van der Waals surface area contributed by atoms with Gasteiger partial charge in [0.2, 0.25) is 0 Å². The van der Waals surface area contributed by atoms with Crippen molar-refractivity contribution in [2.24, 2.45) is 21.7 Å². The molecule has 2 saturated carbocycles. The summed E-state index contributed by atoms with van der Waals surface area (Å²) >= 11 is 0. The summed E-state index contributed by atoms with van der Waals surface area (Å²) < 4.78 is 18.1. The second-order valence-corrected chi connectivity index (χ2v) is 11.2. The van der Waals surface area contributed by atoms with E-state index in [1.807, 2.05) is 6.26 Å². The molecular weight excluding hydrogens is 392 g/mol. The summed E-state index contributed by atoms with van der Waals surface area (Å²) in [4.78, 5) is 23.9. The van der Waals surface area contributed by atoms with Gasteiger partial charge in [0.05, 0.1) is 6.26 Å². The fourth-order valence-electron chi connectivity index (χ4n) is 8.40. The van der Waals surface area contributed by atoms with E-state index in [0.717, 1.165) is 50.5 Å². The molecule has 0 aromatic rings. The highest BCUT2D eigenvalue weighted by molar-refractivity contribution is 5.85. The largest absolute Gasteiger partial charge is 0.494 e. The Kier molecular flexibility index (Phi) is 4.36. The van der Waals surface area contributed by atoms with Crippen molar-refractivity contribution in [1.29, 1.82) is 0 Å². The maximum Gasteiger partial charge on any atom is 0.331 e. The first kappa shape index (κ1) is 20.8. The van der Waals surface area contributed by atoms with Gasteiger partial charge in [0.15, 0.2) is 0 Å². The van der Waals surface area contributed by atoms with Gasteiger partial charge in [0.25, 0.3) is 0 Å². The summed E-state index contributed by atoms with van der Waals surface area (Å²) in [6, 6.07) is 0. The minimum Gasteiger partial charge on any atom is -0.494 e. The van der Waals surface area contributed by atoms with E-state index in [4.69, 9.17) is 14.2 Å². The topological polar surface area (TPSA) is 61.8 Å². The molecule has 2 fully saturated rings. The fraction of sp³-hybridized carbons (Fsp3) is 0.692. The molecule has 4 bridgehead atoms. The molecule has 2 aliphatic heterocycles. The molecule has 2 heterocycles. The first-order valence-electron chi connectivity index (χ1n) is 11.7. The van der Waals surface area contributed by atoms with Crippen molar-refractivity contribution >= 4 is 11.9 Å². The Morgan fingerprint density at radius 3 is 2.74 bits per heavy atom. The van der Waals surface area contributed by atoms with Crippen LogP contribution in [0, 0.1) is 21.7 Å². The molecule has 31 heavy (non-hydrogen) atoms. The van der Waals surface area contributed by atoms with Gasteiger partial charge >= 0.3 is 11.9 Å². The Labute approximate surface area is 184 Å². The molecule has 168 valence electrons. The molecule has 0 N–H and O–H groups in total. The van der Waals surface area contributed by atoms with Crippen molar-refractivity contribution < 1.29 is 23.8 Å². The van der Waals surface area contributed by atoms with Crippen LogP contribution in [-0.4, -0.2) is 30.3 Å². The molecule has 0 saturated heterocycles. The molecule has 5 rings (SSSR count). The van der Waals surface area contributed by atoms with Crippen LogP contribution in [0.25, 0.3) is 0 Å². The van der Waals surface area contributed by atoms with E-state index < -0.39 is 5.60 Å². The zero-order valence-electron chi connectivity index (χ0n) is 19.2. The first-order valence-corrected chi connectivity index (χ1v) is 11.7. The summed E-state index contributed by atoms with van der Waals surface area (Å²) in [7, 11) is 0. The van der Waals surface area contributed by atoms with E-state index in [0.29, 0.717) is 6.61 Å². The van der Waals surface area contributed by atoms with Gasteiger partial charge < -0.3 is 14.2 Å². The van der Waals surface area contributed by atoms with E-state index in [1.54, 1.807) is 6.08 Å². The van der Waals surface area contributed by atoms with E-state index in [1.165, 1.54) is 6.92 Å². The molecular formula is C26H34O5. The van der Waals surface area contributed by atoms with Crippen LogP contribution < -0.4 is 0 Å². The molecule has 5 unspecified atom stereocenters. The van der Waals surface area contributed by atoms with Crippen LogP contribution in [0.4, 0.5) is 0 Å². The Hall–Kier alpha value is -2.04. The molecule has 3 aliphatic carbocycles. The van der Waals surface area contributed by atoms with Gasteiger partial charge in [0, 0.05) is 29.2 Å². The van der Waals surface area contributed by atoms with Crippen molar-refractivity contribution in [3.05, 3.63) is 36.1 Å². The molecule has 0 aromatic heterocycles. The zero-order valence-corrected chi connectivity index (χ0v) is 19.2. The highest BCUT2D eigenvalue weighted by Crippen LogP contribution is 2.79. The number of allylic oxidation sites excluding steroid dienone is 1. The van der Waals surface area contributed by atoms with Gasteiger partial charge in [-0.15, -0.1) is 0 Å². The lowest BCUT2D eigenvalue weighted by molar-refractivity contribution is -0.321. The van der Waals surface area contributed by atoms with Crippen molar-refractivity contribution in [3.8, 4) is 0 Å². The summed E-state index contributed by atoms with van der Waals surface area (Å²) in [5.41, 5.74) is -0.121. The molecule has 5 aliphatic rings. The summed E-state index contributed by atoms with van der Waals surface area (Å²) in [5, 5.41) is 0. The van der Waals surface area contributed by atoms with E-state index in [2.05, 4.69) is 39.0 Å². The Morgan fingerprint density at radius 1 is 1.23 bits per heavy atom. The standard InChI is InChI=1S/C26H34O5/c1-18(27)31-20-16-23(4)9-6-11-24-10-5-8-22(2,3)25(20,24)13-14-30-26(23,24)12-7-19-15-21(28)29-17-19/h6,9,13-15,20H,5,7-8,10-12,16-17H2,1-4H3. The van der Waals surface area contributed by atoms with Crippen LogP contribution in [-0.2, 0) is 23.8 Å². The summed E-state index contributed by atoms with van der Waals surface area (Å²) in [6.45, 7) is 8.88. The van der Waals surface area contributed by atoms with E-state index >= 15 is 0 Å². The van der Waals surface area contributed by atoms with Gasteiger partial charge in [-0.25, -0.2) is 4.79 Å². The van der Waals surface area contributed by atoms with Crippen LogP contribution in [0.15, 0.2) is 36.1 Å². The smallest absolute Gasteiger partial charge is 0.331 e. The lowest BCUT2D eigenvalue weighted by Gasteiger charge is -2.77. The predicted molar refractivity (Wildman–Crippen MR) is 116 cm³/mol. The molecule has 5 nitrogen and oxygen atoms in total. The number of ether oxygens (including phenoxy) is 3. The van der Waals surface area contributed by atoms with Gasteiger partial charge in [0.1, 0.15) is 18.3 Å². The third-order valence-electron chi connectivity index (χ3n) is 9.51. The van der Waals surface area contributed by atoms with Crippen molar-refractivity contribution in [2.75, 3.05) is 6.61 Å². The second kappa shape index (κ2) is 6.49. The zero-order chi connectivity index (χ0) is 22.1. The predicted octanol–water partition coefficient (Wildman–Crippen LogP) is 5.02. The van der Waals surface area contributed by atoms with Gasteiger partial charge in [-0.1, -0.05) is 39.3 Å². The van der Waals surface area contributed by atoms with E-state index in [9.17, 15) is 9.59 Å². The normalized spacial score (nSPS) is 44.1. The lowest BCUT2D eigenvalue weighted by Crippen LogP contribution is -2.78. The number of esters is 2. The van der Waals surface area contributed by atoms with Crippen LogP contribution in [0.2, 0.25) is 0 Å². The second-order valence-electron chi connectivity index (χ2n) is 11.2. The Balaban J connectivity index is 1.68. The quantitative estimate of drug-likeness (QED) is 0.467. The molecule has 0 radical (unpaired) electrons. The highest BCUT2D eigenvalue weighted by Gasteiger charge is 2.80. The third-order valence-corrected chi connectivity index (χ3v) is 9.51. The van der Waals surface area contributed by atoms with Crippen LogP contribution in [0.3, 0.4) is 0 Å². The highest BCUT2D eigenvalue weighted by atomic mass is 16.5. The number of cyclic esters (lactones) is 1. The number of rotatable bonds is 4. The Bertz CT molecular complexity index is 913. The van der Waals surface area contributed by atoms with Crippen molar-refractivity contribution in [2.45, 2.75) is 84.3 Å². The molecule has 0 aromatic carbocycles. The van der Waals surface area contributed by atoms with Crippen LogP contribution in [0.1, 0.15) is 72.6 Å². The molecule has 5 heteroatoms. The average molecular weight is 427 g/mol. The summed E-state index contributed by atoms with van der Waals surface area (Å²) in [6.07, 6.45) is 16.8. The third kappa shape index (κ3) is 2.44. The fourth-order valence-corrected chi connectivity index (χ4v) is 8.40. The van der Waals surface area contributed by atoms with Gasteiger partial charge in [-0.05, 0) is 55.6 Å². The molecule has 5 atom stereocenters. The number of carbonyl (C=O) groups excluding carboxylic acids is 2. The lowest BCUT2D eigenvalue weighted by atomic mass is 9.30. The monoisotopic (exact) mass is 426 g/mol. The number of hydrogen-bond donors (Lipinski definition) is 0. The first-order chi connectivity index (χ1) is 14.6. The Morgan fingerprint density at radius 2 is 2.03 bits per heavy atom. The van der Waals surface area contributed by atoms with Crippen LogP contribution in [0.5, 0.6) is 0 Å². The maximum atomic E-state index is 12.2.